The van der Waals surface area contributed by atoms with Gasteiger partial charge in [-0.15, -0.1) is 0 Å². The first kappa shape index (κ1) is 22.7. The number of nitrogens with one attached hydrogen (secondary N) is 2. The van der Waals surface area contributed by atoms with E-state index in [1.165, 1.54) is 19.1 Å². The molecule has 4 N–H and O–H groups in total. The molecule has 1 aliphatic heterocycles. The summed E-state index contributed by atoms with van der Waals surface area (Å²) >= 11 is 0. The SMILES string of the molecule is CC(=O)N[C@@H](Cc1cc(F)cc(F)c1)[C@H](O)[C@H]1C[C@@H](OCCC(C)(C)O)CN1. The first-order chi connectivity index (χ1) is 13.0. The minimum Gasteiger partial charge on any atom is -0.390 e. The normalized spacial score (nSPS) is 22.1. The Morgan fingerprint density at radius 3 is 2.57 bits per heavy atom. The number of aliphatic hydroxyl groups excluding tert-OH is 1. The first-order valence-corrected chi connectivity index (χ1v) is 9.51. The van der Waals surface area contributed by atoms with Crippen molar-refractivity contribution < 1.29 is 28.5 Å². The van der Waals surface area contributed by atoms with Crippen molar-refractivity contribution in [3.8, 4) is 0 Å². The lowest BCUT2D eigenvalue weighted by atomic mass is 9.95. The smallest absolute Gasteiger partial charge is 0.217 e. The highest BCUT2D eigenvalue weighted by molar-refractivity contribution is 5.73. The number of aliphatic hydroxyl groups is 2. The van der Waals surface area contributed by atoms with Crippen LogP contribution in [0.5, 0.6) is 0 Å². The molecule has 1 heterocycles. The predicted molar refractivity (Wildman–Crippen MR) is 101 cm³/mol. The van der Waals surface area contributed by atoms with E-state index >= 15 is 0 Å². The topological polar surface area (TPSA) is 90.8 Å². The molecule has 4 atom stereocenters. The fraction of sp³-hybridized carbons (Fsp3) is 0.650. The third kappa shape index (κ3) is 7.43. The highest BCUT2D eigenvalue weighted by atomic mass is 19.1. The van der Waals surface area contributed by atoms with E-state index < -0.39 is 29.4 Å². The lowest BCUT2D eigenvalue weighted by Gasteiger charge is -2.28. The van der Waals surface area contributed by atoms with Crippen LogP contribution in [0.1, 0.15) is 39.2 Å². The predicted octanol–water partition coefficient (Wildman–Crippen LogP) is 1.28. The van der Waals surface area contributed by atoms with E-state index in [9.17, 15) is 23.8 Å². The summed E-state index contributed by atoms with van der Waals surface area (Å²) in [4.78, 5) is 11.6. The molecule has 1 amide bonds. The average Bonchev–Trinajstić information content (AvgIpc) is 2.99. The largest absolute Gasteiger partial charge is 0.390 e. The van der Waals surface area contributed by atoms with Gasteiger partial charge in [0.05, 0.1) is 23.9 Å². The molecular formula is C20H30F2N2O4. The van der Waals surface area contributed by atoms with Crippen molar-refractivity contribution in [2.75, 3.05) is 13.2 Å². The van der Waals surface area contributed by atoms with Gasteiger partial charge in [0, 0.05) is 32.2 Å². The Morgan fingerprint density at radius 2 is 2.00 bits per heavy atom. The van der Waals surface area contributed by atoms with Crippen molar-refractivity contribution in [1.29, 1.82) is 0 Å². The van der Waals surface area contributed by atoms with Crippen molar-refractivity contribution in [3.05, 3.63) is 35.4 Å². The standard InChI is InChI=1S/C20H30F2N2O4/c1-12(25)24-18(8-13-6-14(21)9-15(22)7-13)19(26)17-10-16(11-23-17)28-5-4-20(2,3)27/h6-7,9,16-19,23,26-27H,4-5,8,10-11H2,1-3H3,(H,24,25)/t16-,17-,18+,19-/m1/s1. The zero-order valence-corrected chi connectivity index (χ0v) is 16.5. The zero-order valence-electron chi connectivity index (χ0n) is 16.5. The van der Waals surface area contributed by atoms with Crippen LogP contribution in [0.15, 0.2) is 18.2 Å². The minimum atomic E-state index is -0.960. The highest BCUT2D eigenvalue weighted by Crippen LogP contribution is 2.20. The first-order valence-electron chi connectivity index (χ1n) is 9.51. The Balaban J connectivity index is 1.97. The molecule has 0 saturated carbocycles. The van der Waals surface area contributed by atoms with Gasteiger partial charge >= 0.3 is 0 Å². The molecule has 2 rings (SSSR count). The van der Waals surface area contributed by atoms with Gasteiger partial charge in [0.1, 0.15) is 11.6 Å². The molecule has 0 spiro atoms. The van der Waals surface area contributed by atoms with Gasteiger partial charge in [0.25, 0.3) is 0 Å². The van der Waals surface area contributed by atoms with Crippen LogP contribution in [0, 0.1) is 11.6 Å². The maximum atomic E-state index is 13.5. The maximum absolute atomic E-state index is 13.5. The Bertz CT molecular complexity index is 646. The summed E-state index contributed by atoms with van der Waals surface area (Å²) in [5, 5.41) is 26.4. The van der Waals surface area contributed by atoms with E-state index in [0.29, 0.717) is 31.6 Å². The Labute approximate surface area is 164 Å². The van der Waals surface area contributed by atoms with Crippen LogP contribution in [0.4, 0.5) is 8.78 Å². The van der Waals surface area contributed by atoms with E-state index in [1.54, 1.807) is 13.8 Å². The highest BCUT2D eigenvalue weighted by Gasteiger charge is 2.35. The summed E-state index contributed by atoms with van der Waals surface area (Å²) in [7, 11) is 0. The van der Waals surface area contributed by atoms with E-state index in [2.05, 4.69) is 10.6 Å². The summed E-state index contributed by atoms with van der Waals surface area (Å²) in [6.45, 7) is 5.69. The van der Waals surface area contributed by atoms with Crippen molar-refractivity contribution in [3.63, 3.8) is 0 Å². The number of rotatable bonds is 9. The quantitative estimate of drug-likeness (QED) is 0.501. The van der Waals surface area contributed by atoms with Crippen LogP contribution in [0.25, 0.3) is 0 Å². The molecule has 0 radical (unpaired) electrons. The summed E-state index contributed by atoms with van der Waals surface area (Å²) < 4.78 is 32.7. The molecule has 0 unspecified atom stereocenters. The van der Waals surface area contributed by atoms with Gasteiger partial charge in [-0.2, -0.15) is 0 Å². The molecular weight excluding hydrogens is 370 g/mol. The van der Waals surface area contributed by atoms with Crippen LogP contribution in [-0.2, 0) is 16.0 Å². The number of carbonyl (C=O) groups is 1. The van der Waals surface area contributed by atoms with Gasteiger partial charge in [0.2, 0.25) is 5.91 Å². The number of hydrogen-bond donors (Lipinski definition) is 4. The lowest BCUT2D eigenvalue weighted by Crippen LogP contribution is -2.51. The monoisotopic (exact) mass is 400 g/mol. The second-order valence-corrected chi connectivity index (χ2v) is 8.09. The van der Waals surface area contributed by atoms with Crippen LogP contribution < -0.4 is 10.6 Å². The molecule has 0 aliphatic carbocycles. The second-order valence-electron chi connectivity index (χ2n) is 8.09. The average molecular weight is 400 g/mol. The fourth-order valence-electron chi connectivity index (χ4n) is 3.38. The number of halogens is 2. The molecule has 1 aromatic rings. The zero-order chi connectivity index (χ0) is 20.9. The molecule has 1 saturated heterocycles. The Morgan fingerprint density at radius 1 is 1.36 bits per heavy atom. The van der Waals surface area contributed by atoms with Gasteiger partial charge in [-0.3, -0.25) is 4.79 Å². The molecule has 0 bridgehead atoms. The van der Waals surface area contributed by atoms with E-state index in [4.69, 9.17) is 4.74 Å². The molecule has 8 heteroatoms. The maximum Gasteiger partial charge on any atom is 0.217 e. The number of ether oxygens (including phenoxy) is 1. The molecule has 0 aromatic heterocycles. The third-order valence-electron chi connectivity index (χ3n) is 4.78. The number of benzene rings is 1. The van der Waals surface area contributed by atoms with E-state index in [-0.39, 0.29) is 24.5 Å². The van der Waals surface area contributed by atoms with Gasteiger partial charge in [0.15, 0.2) is 0 Å². The lowest BCUT2D eigenvalue weighted by molar-refractivity contribution is -0.120. The van der Waals surface area contributed by atoms with Gasteiger partial charge in [-0.05, 0) is 50.8 Å². The number of amides is 1. The molecule has 1 fully saturated rings. The third-order valence-corrected chi connectivity index (χ3v) is 4.78. The summed E-state index contributed by atoms with van der Waals surface area (Å²) in [5.74, 6) is -1.74. The molecule has 158 valence electrons. The summed E-state index contributed by atoms with van der Waals surface area (Å²) in [5.41, 5.74) is -0.451. The summed E-state index contributed by atoms with van der Waals surface area (Å²) in [6.07, 6.45) is 0.0409. The summed E-state index contributed by atoms with van der Waals surface area (Å²) in [6, 6.07) is 2.13. The molecule has 28 heavy (non-hydrogen) atoms. The van der Waals surface area contributed by atoms with Gasteiger partial charge in [-0.1, -0.05) is 0 Å². The van der Waals surface area contributed by atoms with Crippen LogP contribution >= 0.6 is 0 Å². The van der Waals surface area contributed by atoms with Gasteiger partial charge in [-0.25, -0.2) is 8.78 Å². The van der Waals surface area contributed by atoms with E-state index in [1.807, 2.05) is 0 Å². The van der Waals surface area contributed by atoms with Gasteiger partial charge < -0.3 is 25.6 Å². The van der Waals surface area contributed by atoms with E-state index in [0.717, 1.165) is 6.07 Å². The van der Waals surface area contributed by atoms with Crippen LogP contribution in [0.3, 0.4) is 0 Å². The molecule has 6 nitrogen and oxygen atoms in total. The van der Waals surface area contributed by atoms with Crippen molar-refractivity contribution in [2.45, 2.75) is 69.9 Å². The van der Waals surface area contributed by atoms with Crippen LogP contribution in [-0.4, -0.2) is 59.2 Å². The Kier molecular flexibility index (Phi) is 7.88. The Hall–Kier alpha value is -1.61. The number of carbonyl (C=O) groups excluding carboxylic acids is 1. The van der Waals surface area contributed by atoms with Crippen molar-refractivity contribution >= 4 is 5.91 Å². The van der Waals surface area contributed by atoms with Crippen molar-refractivity contribution in [2.24, 2.45) is 0 Å². The second kappa shape index (κ2) is 9.73. The number of hydrogen-bond acceptors (Lipinski definition) is 5. The van der Waals surface area contributed by atoms with Crippen LogP contribution in [0.2, 0.25) is 0 Å². The van der Waals surface area contributed by atoms with Crippen molar-refractivity contribution in [1.82, 2.24) is 10.6 Å². The fourth-order valence-corrected chi connectivity index (χ4v) is 3.38. The minimum absolute atomic E-state index is 0.0951. The molecule has 1 aliphatic rings. The molecule has 1 aromatic carbocycles.